The van der Waals surface area contributed by atoms with E-state index in [0.29, 0.717) is 47.7 Å². The van der Waals surface area contributed by atoms with Crippen molar-refractivity contribution < 1.29 is 84.1 Å². The van der Waals surface area contributed by atoms with Crippen LogP contribution in [0.15, 0.2) is 68.7 Å². The second kappa shape index (κ2) is 25.3. The van der Waals surface area contributed by atoms with Crippen molar-refractivity contribution in [2.45, 2.75) is 122 Å². The highest BCUT2D eigenvalue weighted by molar-refractivity contribution is 8.79. The molecule has 17 unspecified atom stereocenters. The molecule has 0 amide bonds. The Morgan fingerprint density at radius 2 is 1.96 bits per heavy atom. The van der Waals surface area contributed by atoms with E-state index in [9.17, 15) is 50.8 Å². The number of aliphatic hydroxyl groups excluding tert-OH is 6. The van der Waals surface area contributed by atoms with Crippen LogP contribution in [0, 0.1) is 35.0 Å². The van der Waals surface area contributed by atoms with E-state index >= 15 is 4.79 Å². The minimum absolute atomic E-state index is 0.00925. The Kier molecular flexibility index (Phi) is 19.1. The van der Waals surface area contributed by atoms with Crippen molar-refractivity contribution in [2.75, 3.05) is 64.7 Å². The summed E-state index contributed by atoms with van der Waals surface area (Å²) >= 11 is 0. The molecule has 430 valence electrons. The number of carboxylic acids is 1. The van der Waals surface area contributed by atoms with Crippen LogP contribution < -0.4 is 32.3 Å². The lowest BCUT2D eigenvalue weighted by Gasteiger charge is -2.51. The fourth-order valence-electron chi connectivity index (χ4n) is 12.2. The number of fused-ring (bicyclic) bond motifs is 5. The predicted molar refractivity (Wildman–Crippen MR) is 290 cm³/mol. The first-order valence-electron chi connectivity index (χ1n) is 26.1. The molecular weight excluding hydrogens is 1100 g/mol. The van der Waals surface area contributed by atoms with Gasteiger partial charge in [-0.3, -0.25) is 20.2 Å². The molecule has 0 aromatic carbocycles. The van der Waals surface area contributed by atoms with Crippen LogP contribution >= 0.6 is 43.2 Å². The third-order valence-electron chi connectivity index (χ3n) is 16.1. The number of nitrogens with zero attached hydrogens (tertiary/aromatic N) is 2. The summed E-state index contributed by atoms with van der Waals surface area (Å²) in [6.45, 7) is -2.12. The summed E-state index contributed by atoms with van der Waals surface area (Å²) in [7, 11) is 7.53. The number of hydrogen-bond acceptors (Lipinski definition) is 24. The number of ether oxygens (including phenoxy) is 5. The summed E-state index contributed by atoms with van der Waals surface area (Å²) in [6.07, 6.45) is -0.426. The number of rotatable bonds is 14. The molecule has 2 fully saturated rings. The second-order valence-corrected chi connectivity index (χ2v) is 26.1. The molecule has 0 radical (unpaired) electrons. The molecule has 0 spiro atoms. The molecule has 17 N–H and O–H groups in total. The Morgan fingerprint density at radius 3 is 2.69 bits per heavy atom. The van der Waals surface area contributed by atoms with Crippen LogP contribution in [0.2, 0.25) is 0 Å². The number of carbonyl (C=O) groups is 2. The topological polar surface area (TPSA) is 380 Å². The van der Waals surface area contributed by atoms with E-state index < -0.39 is 114 Å². The zero-order valence-corrected chi connectivity index (χ0v) is 46.1. The van der Waals surface area contributed by atoms with Gasteiger partial charge in [0.2, 0.25) is 12.1 Å². The Labute approximate surface area is 466 Å². The molecule has 9 rings (SSSR count). The Balaban J connectivity index is 1.36. The molecule has 28 heteroatoms. The number of nitrogens with one attached hydrogen (secondary N) is 4. The maximum atomic E-state index is 15.6. The van der Waals surface area contributed by atoms with Gasteiger partial charge in [-0.2, -0.15) is 0 Å². The third-order valence-corrected chi connectivity index (χ3v) is 22.2. The predicted octanol–water partition coefficient (Wildman–Crippen LogP) is -3.15. The number of carboxylic acid groups (broad SMARTS) is 1. The van der Waals surface area contributed by atoms with Gasteiger partial charge < -0.3 is 91.7 Å². The van der Waals surface area contributed by atoms with Crippen LogP contribution in [0.5, 0.6) is 0 Å². The van der Waals surface area contributed by atoms with E-state index in [4.69, 9.17) is 40.1 Å². The van der Waals surface area contributed by atoms with Crippen molar-refractivity contribution in [3.63, 3.8) is 0 Å². The molecule has 17 atom stereocenters. The number of hydrogen-bond donors (Lipinski definition) is 15. The molecule has 9 aliphatic rings. The van der Waals surface area contributed by atoms with Crippen LogP contribution in [-0.4, -0.2) is 212 Å². The minimum atomic E-state index is -3.18. The lowest BCUT2D eigenvalue weighted by Crippen LogP contribution is -3.14. The molecule has 24 nitrogen and oxygen atoms in total. The fourth-order valence-corrected chi connectivity index (χ4v) is 19.2. The Bertz CT molecular complexity index is 2520. The van der Waals surface area contributed by atoms with Gasteiger partial charge in [-0.25, -0.2) is 9.59 Å². The number of nitrogens with two attached hydrogens (primary N) is 2. The molecule has 1 saturated carbocycles. The zero-order valence-electron chi connectivity index (χ0n) is 42.8. The summed E-state index contributed by atoms with van der Waals surface area (Å²) in [6, 6.07) is -1.49. The number of guanidine groups is 2. The SMILES string of the molecule is CNC(CO)OC1C(OC2OC=C3C(=O)OC4CCC(CO)C4CSSC4C(CO)[NH+]5C=C(C(=O)O)C(NC(N)=NCCCO)=C(C=C6C#CC47CC4CC(CCC2(C=CCSS7)C63)N=C(N)N4)C5)OC(CO)C(O)C1(O)O. The van der Waals surface area contributed by atoms with Crippen LogP contribution in [0.4, 0.5) is 0 Å². The summed E-state index contributed by atoms with van der Waals surface area (Å²) < 4.78 is 31.2. The van der Waals surface area contributed by atoms with Gasteiger partial charge in [-0.05, 0) is 64.0 Å². The number of quaternary nitrogens is 1. The van der Waals surface area contributed by atoms with Crippen molar-refractivity contribution in [3.05, 3.63) is 58.7 Å². The van der Waals surface area contributed by atoms with Gasteiger partial charge in [0.05, 0.1) is 54.1 Å². The van der Waals surface area contributed by atoms with Crippen LogP contribution in [0.25, 0.3) is 0 Å². The highest BCUT2D eigenvalue weighted by atomic mass is 33.1. The summed E-state index contributed by atoms with van der Waals surface area (Å²) in [5.74, 6) is 1.18. The number of esters is 1. The van der Waals surface area contributed by atoms with Crippen molar-refractivity contribution >= 4 is 67.0 Å². The Morgan fingerprint density at radius 1 is 1.14 bits per heavy atom. The van der Waals surface area contributed by atoms with Crippen molar-refractivity contribution in [1.82, 2.24) is 16.0 Å². The molecule has 1 saturated heterocycles. The molecule has 0 aromatic heterocycles. The number of aliphatic hydroxyl groups is 8. The maximum Gasteiger partial charge on any atom is 0.343 e. The standard InChI is InChI=1S/C50H70N8O16S4/c1-53-36(22-63)73-40-44(72-35(21-62)39(64)50(40,68)69)74-45-48-8-2-13-75-78-49(16-29-15-28(7-9-48)55-47(52)56-29)10-6-25-14-27-17-58(18-30(42(65)66)38(27)57-46(51)54-11-3-12-59)33(20-61)41(49)77-76-24-32-26(19-60)4-5-34(32)71-43(67)31(23-70-45)37(25)48/h2,8,14,18,23,26,28-29,32-37,39-41,44-45,53,59-64,68-69H,3-5,7,9,11-13,15-17,19-22,24H2,1H3,(H,65,66)(H3,51,54,57)(H3,52,55,56)/p+1. The van der Waals surface area contributed by atoms with Gasteiger partial charge in [0, 0.05) is 60.3 Å². The second-order valence-electron chi connectivity index (χ2n) is 20.9. The zero-order chi connectivity index (χ0) is 55.5. The van der Waals surface area contributed by atoms with E-state index in [1.165, 1.54) is 56.5 Å². The first-order chi connectivity index (χ1) is 37.5. The normalized spacial score (nSPS) is 38.8. The lowest BCUT2D eigenvalue weighted by atomic mass is 9.63. The molecule has 7 heterocycles. The van der Waals surface area contributed by atoms with E-state index in [1.807, 2.05) is 12.2 Å². The highest BCUT2D eigenvalue weighted by Gasteiger charge is 2.61. The average Bonchev–Trinajstić information content (AvgIpc) is 3.89. The number of aliphatic imine (C=N–C) groups is 2. The van der Waals surface area contributed by atoms with Crippen LogP contribution in [0.3, 0.4) is 0 Å². The summed E-state index contributed by atoms with van der Waals surface area (Å²) in [4.78, 5) is 39.1. The quantitative estimate of drug-likeness (QED) is 0.0119. The Hall–Kier alpha value is -3.58. The molecule has 78 heavy (non-hydrogen) atoms. The number of carbonyl (C=O) groups excluding carboxylic acids is 1. The van der Waals surface area contributed by atoms with Crippen molar-refractivity contribution in [3.8, 4) is 11.8 Å². The van der Waals surface area contributed by atoms with Crippen LogP contribution in [0.1, 0.15) is 44.9 Å². The van der Waals surface area contributed by atoms with Gasteiger partial charge in [0.1, 0.15) is 53.6 Å². The minimum Gasteiger partial charge on any atom is -0.477 e. The molecular formula is C50H71N8O16S4+. The van der Waals surface area contributed by atoms with E-state index in [-0.39, 0.29) is 97.8 Å². The molecule has 9 bridgehead atoms. The van der Waals surface area contributed by atoms with Gasteiger partial charge in [0.25, 0.3) is 0 Å². The third kappa shape index (κ3) is 11.9. The smallest absolute Gasteiger partial charge is 0.343 e. The van der Waals surface area contributed by atoms with Crippen molar-refractivity contribution in [1.29, 1.82) is 0 Å². The highest BCUT2D eigenvalue weighted by Crippen LogP contribution is 2.56. The average molecular weight is 1170 g/mol. The van der Waals surface area contributed by atoms with E-state index in [1.54, 1.807) is 12.3 Å². The lowest BCUT2D eigenvalue weighted by molar-refractivity contribution is -0.870. The molecule has 7 aliphatic heterocycles. The van der Waals surface area contributed by atoms with Gasteiger partial charge in [-0.1, -0.05) is 67.2 Å². The first kappa shape index (κ1) is 59.1. The van der Waals surface area contributed by atoms with Crippen molar-refractivity contribution in [2.24, 2.45) is 44.6 Å². The van der Waals surface area contributed by atoms with E-state index in [2.05, 4.69) is 32.8 Å². The number of aliphatic carboxylic acids is 1. The fraction of sp³-hybridized carbons (Fsp3) is 0.680. The van der Waals surface area contributed by atoms with Gasteiger partial charge in [-0.15, -0.1) is 0 Å². The number of likely N-dealkylation sites (N-methyl/N-ethyl adjacent to an activating group) is 1. The van der Waals surface area contributed by atoms with Gasteiger partial charge in [0.15, 0.2) is 24.3 Å². The maximum absolute atomic E-state index is 15.6. The first-order valence-corrected chi connectivity index (χ1v) is 30.8. The number of allylic oxidation sites excluding steroid dienone is 1. The van der Waals surface area contributed by atoms with E-state index in [0.717, 1.165) is 0 Å². The summed E-state index contributed by atoms with van der Waals surface area (Å²) in [5, 5.41) is 107. The molecule has 0 aromatic rings. The summed E-state index contributed by atoms with van der Waals surface area (Å²) in [5.41, 5.74) is 12.0. The largest absolute Gasteiger partial charge is 0.477 e. The van der Waals surface area contributed by atoms with Gasteiger partial charge >= 0.3 is 11.9 Å². The molecule has 2 aliphatic carbocycles. The monoisotopic (exact) mass is 1170 g/mol. The van der Waals surface area contributed by atoms with Crippen LogP contribution in [-0.2, 0) is 33.3 Å².